The molecule has 6 nitrogen and oxygen atoms in total. The van der Waals surface area contributed by atoms with Crippen LogP contribution in [0.1, 0.15) is 48.9 Å². The SMILES string of the molecule is O=C(N[C@H](CCO)C1CCCCC1)c1ccc(-c2n[nH]c(=S)o2)cc1. The van der Waals surface area contributed by atoms with E-state index in [1.54, 1.807) is 24.3 Å². The zero-order valence-electron chi connectivity index (χ0n) is 14.0. The van der Waals surface area contributed by atoms with Gasteiger partial charge >= 0.3 is 0 Å². The fraction of sp³-hybridized carbons (Fsp3) is 0.500. The number of hydrogen-bond acceptors (Lipinski definition) is 5. The van der Waals surface area contributed by atoms with Crippen LogP contribution in [0.15, 0.2) is 28.7 Å². The van der Waals surface area contributed by atoms with E-state index in [1.165, 1.54) is 19.3 Å². The summed E-state index contributed by atoms with van der Waals surface area (Å²) in [6, 6.07) is 7.08. The van der Waals surface area contributed by atoms with Crippen molar-refractivity contribution in [2.75, 3.05) is 6.61 Å². The Labute approximate surface area is 151 Å². The van der Waals surface area contributed by atoms with Gasteiger partial charge < -0.3 is 14.8 Å². The maximum Gasteiger partial charge on any atom is 0.284 e. The summed E-state index contributed by atoms with van der Waals surface area (Å²) in [7, 11) is 0. The number of carbonyl (C=O) groups is 1. The Bertz CT molecular complexity index is 747. The smallest absolute Gasteiger partial charge is 0.284 e. The number of aliphatic hydroxyl groups is 1. The highest BCUT2D eigenvalue weighted by Gasteiger charge is 2.25. The molecule has 0 bridgehead atoms. The number of H-pyrrole nitrogens is 1. The third-order valence-electron chi connectivity index (χ3n) is 4.81. The van der Waals surface area contributed by atoms with Gasteiger partial charge in [-0.05, 0) is 61.7 Å². The molecule has 1 aromatic carbocycles. The van der Waals surface area contributed by atoms with E-state index < -0.39 is 0 Å². The lowest BCUT2D eigenvalue weighted by molar-refractivity contribution is 0.0899. The summed E-state index contributed by atoms with van der Waals surface area (Å²) in [6.45, 7) is 0.0878. The van der Waals surface area contributed by atoms with Crippen LogP contribution in [0.4, 0.5) is 0 Å². The van der Waals surface area contributed by atoms with Crippen molar-refractivity contribution in [1.82, 2.24) is 15.5 Å². The zero-order valence-corrected chi connectivity index (χ0v) is 14.8. The highest BCUT2D eigenvalue weighted by atomic mass is 32.1. The van der Waals surface area contributed by atoms with Crippen molar-refractivity contribution in [3.05, 3.63) is 34.7 Å². The quantitative estimate of drug-likeness (QED) is 0.686. The van der Waals surface area contributed by atoms with E-state index in [4.69, 9.17) is 16.6 Å². The topological polar surface area (TPSA) is 91.1 Å². The molecule has 7 heteroatoms. The summed E-state index contributed by atoms with van der Waals surface area (Å²) in [5, 5.41) is 19.0. The van der Waals surface area contributed by atoms with Crippen LogP contribution < -0.4 is 5.32 Å². The molecular weight excluding hydrogens is 338 g/mol. The predicted molar refractivity (Wildman–Crippen MR) is 96.7 cm³/mol. The van der Waals surface area contributed by atoms with Gasteiger partial charge in [0.1, 0.15) is 0 Å². The van der Waals surface area contributed by atoms with E-state index in [0.29, 0.717) is 23.8 Å². The maximum absolute atomic E-state index is 12.6. The second-order valence-corrected chi connectivity index (χ2v) is 6.86. The molecule has 0 radical (unpaired) electrons. The predicted octanol–water partition coefficient (Wildman–Crippen LogP) is 3.46. The molecule has 0 saturated heterocycles. The Morgan fingerprint density at radius 3 is 2.64 bits per heavy atom. The number of carbonyl (C=O) groups excluding carboxylic acids is 1. The van der Waals surface area contributed by atoms with Crippen LogP contribution in [0, 0.1) is 10.8 Å². The number of benzene rings is 1. The van der Waals surface area contributed by atoms with Crippen molar-refractivity contribution >= 4 is 18.1 Å². The molecule has 134 valence electrons. The first kappa shape index (κ1) is 17.8. The number of nitrogens with one attached hydrogen (secondary N) is 2. The Balaban J connectivity index is 1.67. The van der Waals surface area contributed by atoms with Crippen molar-refractivity contribution in [1.29, 1.82) is 0 Å². The number of hydrogen-bond donors (Lipinski definition) is 3. The van der Waals surface area contributed by atoms with E-state index in [0.717, 1.165) is 18.4 Å². The molecule has 0 unspecified atom stereocenters. The molecule has 1 aliphatic rings. The van der Waals surface area contributed by atoms with E-state index in [1.807, 2.05) is 0 Å². The average molecular weight is 361 g/mol. The first-order valence-corrected chi connectivity index (χ1v) is 9.16. The van der Waals surface area contributed by atoms with E-state index in [9.17, 15) is 9.90 Å². The first-order chi connectivity index (χ1) is 12.2. The lowest BCUT2D eigenvalue weighted by Crippen LogP contribution is -2.41. The third-order valence-corrected chi connectivity index (χ3v) is 4.98. The number of rotatable bonds is 6. The molecule has 1 fully saturated rings. The molecule has 2 aromatic rings. The second-order valence-electron chi connectivity index (χ2n) is 6.49. The molecule has 1 atom stereocenters. The highest BCUT2D eigenvalue weighted by molar-refractivity contribution is 7.71. The van der Waals surface area contributed by atoms with E-state index >= 15 is 0 Å². The van der Waals surface area contributed by atoms with Gasteiger partial charge in [-0.3, -0.25) is 4.79 Å². The van der Waals surface area contributed by atoms with Gasteiger partial charge in [0.25, 0.3) is 10.7 Å². The van der Waals surface area contributed by atoms with Crippen LogP contribution in [-0.4, -0.2) is 33.9 Å². The van der Waals surface area contributed by atoms with Crippen molar-refractivity contribution in [2.24, 2.45) is 5.92 Å². The van der Waals surface area contributed by atoms with Crippen LogP contribution >= 0.6 is 12.2 Å². The van der Waals surface area contributed by atoms with Gasteiger partial charge in [0.05, 0.1) is 0 Å². The fourth-order valence-electron chi connectivity index (χ4n) is 3.47. The minimum absolute atomic E-state index is 0.0293. The first-order valence-electron chi connectivity index (χ1n) is 8.75. The number of amides is 1. The molecule has 1 aromatic heterocycles. The minimum Gasteiger partial charge on any atom is -0.409 e. The number of nitrogens with zero attached hydrogens (tertiary/aromatic N) is 1. The molecule has 1 aliphatic carbocycles. The summed E-state index contributed by atoms with van der Waals surface area (Å²) in [5.41, 5.74) is 1.33. The van der Waals surface area contributed by atoms with Gasteiger partial charge in [-0.2, -0.15) is 0 Å². The number of aromatic nitrogens is 2. The Morgan fingerprint density at radius 1 is 1.32 bits per heavy atom. The highest BCUT2D eigenvalue weighted by Crippen LogP contribution is 2.28. The molecule has 3 N–H and O–H groups in total. The average Bonchev–Trinajstić information content (AvgIpc) is 3.08. The van der Waals surface area contributed by atoms with Crippen molar-refractivity contribution in [3.63, 3.8) is 0 Å². The standard InChI is InChI=1S/C18H23N3O3S/c22-11-10-15(12-4-2-1-3-5-12)19-16(23)13-6-8-14(9-7-13)17-20-21-18(25)24-17/h6-9,12,15,22H,1-5,10-11H2,(H,19,23)(H,21,25)/t15-/m1/s1. The van der Waals surface area contributed by atoms with Gasteiger partial charge in [0, 0.05) is 23.8 Å². The molecule has 1 amide bonds. The lowest BCUT2D eigenvalue weighted by Gasteiger charge is -2.30. The number of aromatic amines is 1. The van der Waals surface area contributed by atoms with E-state index in [-0.39, 0.29) is 23.4 Å². The van der Waals surface area contributed by atoms with Gasteiger partial charge in [-0.1, -0.05) is 19.3 Å². The summed E-state index contributed by atoms with van der Waals surface area (Å²) >= 11 is 4.87. The van der Waals surface area contributed by atoms with Gasteiger partial charge in [-0.15, -0.1) is 5.10 Å². The second kappa shape index (κ2) is 8.40. The van der Waals surface area contributed by atoms with Crippen LogP contribution in [0.25, 0.3) is 11.5 Å². The van der Waals surface area contributed by atoms with Gasteiger partial charge in [0.2, 0.25) is 5.89 Å². The molecule has 0 spiro atoms. The monoisotopic (exact) mass is 361 g/mol. The van der Waals surface area contributed by atoms with Crippen molar-refractivity contribution in [2.45, 2.75) is 44.6 Å². The van der Waals surface area contributed by atoms with Crippen molar-refractivity contribution < 1.29 is 14.3 Å². The minimum atomic E-state index is -0.113. The Kier molecular flexibility index (Phi) is 5.99. The van der Waals surface area contributed by atoms with Gasteiger partial charge in [0.15, 0.2) is 0 Å². The zero-order chi connectivity index (χ0) is 17.6. The van der Waals surface area contributed by atoms with Crippen LogP contribution in [0.2, 0.25) is 0 Å². The molecule has 3 rings (SSSR count). The molecule has 1 heterocycles. The summed E-state index contributed by atoms with van der Waals surface area (Å²) in [4.78, 5) is 12.8. The summed E-state index contributed by atoms with van der Waals surface area (Å²) < 4.78 is 5.27. The largest absolute Gasteiger partial charge is 0.409 e. The molecular formula is C18H23N3O3S. The van der Waals surface area contributed by atoms with Crippen LogP contribution in [0.5, 0.6) is 0 Å². The maximum atomic E-state index is 12.6. The van der Waals surface area contributed by atoms with Crippen LogP contribution in [-0.2, 0) is 0 Å². The molecule has 1 saturated carbocycles. The van der Waals surface area contributed by atoms with Gasteiger partial charge in [-0.25, -0.2) is 5.10 Å². The summed E-state index contributed by atoms with van der Waals surface area (Å²) in [6.07, 6.45) is 6.51. The van der Waals surface area contributed by atoms with Crippen LogP contribution in [0.3, 0.4) is 0 Å². The fourth-order valence-corrected chi connectivity index (χ4v) is 3.60. The van der Waals surface area contributed by atoms with Crippen molar-refractivity contribution in [3.8, 4) is 11.5 Å². The lowest BCUT2D eigenvalue weighted by atomic mass is 9.82. The normalized spacial score (nSPS) is 16.5. The van der Waals surface area contributed by atoms with E-state index in [2.05, 4.69) is 15.5 Å². The third kappa shape index (κ3) is 4.55. The number of aliphatic hydroxyl groups excluding tert-OH is 1. The summed E-state index contributed by atoms with van der Waals surface area (Å²) in [5.74, 6) is 0.744. The molecule has 25 heavy (non-hydrogen) atoms. The Hall–Kier alpha value is -1.99. The molecule has 0 aliphatic heterocycles. The Morgan fingerprint density at radius 2 is 2.04 bits per heavy atom.